The normalized spacial score (nSPS) is 22.9. The van der Waals surface area contributed by atoms with Gasteiger partial charge in [0.25, 0.3) is 0 Å². The van der Waals surface area contributed by atoms with E-state index in [0.717, 1.165) is 105 Å². The molecule has 3 aliphatic rings. The molecule has 0 bridgehead atoms. The predicted molar refractivity (Wildman–Crippen MR) is 254 cm³/mol. The van der Waals surface area contributed by atoms with E-state index in [1.165, 1.54) is 11.1 Å². The number of allylic oxidation sites excluding steroid dienone is 3. The average molecular weight is 877 g/mol. The molecule has 0 N–H and O–H groups in total. The van der Waals surface area contributed by atoms with Crippen molar-refractivity contribution < 1.29 is 36.0 Å². The molecule has 0 radical (unpaired) electrons. The van der Waals surface area contributed by atoms with Crippen LogP contribution in [0.25, 0.3) is 33.1 Å². The van der Waals surface area contributed by atoms with Crippen LogP contribution in [0.15, 0.2) is 92.4 Å². The van der Waals surface area contributed by atoms with Gasteiger partial charge >= 0.3 is 16.8 Å². The Labute approximate surface area is 369 Å². The summed E-state index contributed by atoms with van der Waals surface area (Å²) >= 11 is 0. The third-order valence-corrected chi connectivity index (χ3v) is 15.0. The molecule has 62 heavy (non-hydrogen) atoms. The Balaban J connectivity index is 1.35. The highest BCUT2D eigenvalue weighted by molar-refractivity contribution is 7.42. The summed E-state index contributed by atoms with van der Waals surface area (Å²) in [5, 5.41) is 1.99. The molecule has 0 saturated carbocycles. The summed E-state index contributed by atoms with van der Waals surface area (Å²) in [6.07, 6.45) is 14.3. The van der Waals surface area contributed by atoms with Crippen LogP contribution in [0.1, 0.15) is 101 Å². The molecule has 8 rings (SSSR count). The Hall–Kier alpha value is -4.45. The van der Waals surface area contributed by atoms with Crippen molar-refractivity contribution in [2.75, 3.05) is 14.2 Å². The summed E-state index contributed by atoms with van der Waals surface area (Å²) in [6, 6.07) is 16.8. The molecule has 328 valence electrons. The lowest BCUT2D eigenvalue weighted by Gasteiger charge is -2.51. The molecule has 1 saturated heterocycles. The maximum atomic E-state index is 7.24. The van der Waals surface area contributed by atoms with Crippen molar-refractivity contribution in [3.8, 4) is 34.1 Å². The second-order valence-corrected chi connectivity index (χ2v) is 19.8. The molecule has 10 heteroatoms. The van der Waals surface area contributed by atoms with Crippen LogP contribution >= 0.6 is 16.8 Å². The lowest BCUT2D eigenvalue weighted by Crippen LogP contribution is -2.50. The molecule has 1 aliphatic heterocycles. The molecule has 2 heterocycles. The van der Waals surface area contributed by atoms with Gasteiger partial charge in [-0.2, -0.15) is 0 Å². The lowest BCUT2D eigenvalue weighted by molar-refractivity contribution is 0.0188. The summed E-state index contributed by atoms with van der Waals surface area (Å²) in [7, 11) is -0.536. The molecule has 1 fully saturated rings. The number of unbranched alkanes of at least 4 members (excludes halogenated alkanes) is 2. The molecular weight excluding hydrogens is 815 g/mol. The summed E-state index contributed by atoms with van der Waals surface area (Å²) in [6.45, 7) is 21.6. The minimum atomic E-state index is -2.02. The largest absolute Gasteiger partial charge is 0.497 e. The standard InChI is InChI=1S/C52H62O8P2/c1-13-15-17-37-27-39(53-11)29-43(48(37)57-61-55-46-35(7)23-31(3)25-41(46)42-26-32(4)24-36(8)47(42)56-61)44-30-40(54-12)28-38(18-16-14-2)49(44)58-62-59-51(9)21-19-33(5)45-34(6)20-22-52(10,60-62)50(45)51/h19-30,33-34H,13-18H2,1-12H3. The highest BCUT2D eigenvalue weighted by atomic mass is 31.2. The van der Waals surface area contributed by atoms with Gasteiger partial charge in [0.2, 0.25) is 0 Å². The zero-order valence-corrected chi connectivity index (χ0v) is 40.3. The van der Waals surface area contributed by atoms with E-state index in [4.69, 9.17) is 36.0 Å². The maximum absolute atomic E-state index is 7.24. The van der Waals surface area contributed by atoms with E-state index >= 15 is 0 Å². The Morgan fingerprint density at radius 3 is 1.50 bits per heavy atom. The van der Waals surface area contributed by atoms with Crippen LogP contribution in [-0.2, 0) is 21.9 Å². The zero-order chi connectivity index (χ0) is 44.1. The van der Waals surface area contributed by atoms with E-state index in [9.17, 15) is 0 Å². The van der Waals surface area contributed by atoms with E-state index in [2.05, 4.69) is 130 Å². The van der Waals surface area contributed by atoms with Crippen LogP contribution in [0.4, 0.5) is 0 Å². The number of hydrogen-bond acceptors (Lipinski definition) is 8. The highest BCUT2D eigenvalue weighted by Crippen LogP contribution is 2.63. The van der Waals surface area contributed by atoms with Crippen LogP contribution in [0.3, 0.4) is 0 Å². The van der Waals surface area contributed by atoms with Crippen LogP contribution in [0.2, 0.25) is 0 Å². The Morgan fingerprint density at radius 2 is 1.06 bits per heavy atom. The number of rotatable bonds is 13. The van der Waals surface area contributed by atoms with Gasteiger partial charge in [0.15, 0.2) is 0 Å². The first kappa shape index (κ1) is 44.2. The third kappa shape index (κ3) is 8.25. The van der Waals surface area contributed by atoms with E-state index in [1.54, 1.807) is 14.2 Å². The predicted octanol–water partition coefficient (Wildman–Crippen LogP) is 15.6. The monoisotopic (exact) mass is 876 g/mol. The number of fused-ring (bicyclic) bond motifs is 3. The van der Waals surface area contributed by atoms with Gasteiger partial charge in [-0.15, -0.1) is 0 Å². The van der Waals surface area contributed by atoms with E-state index < -0.39 is 28.0 Å². The van der Waals surface area contributed by atoms with Crippen LogP contribution in [0, 0.1) is 39.5 Å². The van der Waals surface area contributed by atoms with Crippen LogP contribution in [-0.4, -0.2) is 25.4 Å². The molecule has 0 spiro atoms. The average Bonchev–Trinajstić information content (AvgIpc) is 3.39. The molecule has 4 atom stereocenters. The van der Waals surface area contributed by atoms with E-state index in [0.29, 0.717) is 23.0 Å². The van der Waals surface area contributed by atoms with Gasteiger partial charge in [0, 0.05) is 27.5 Å². The van der Waals surface area contributed by atoms with Gasteiger partial charge in [0.05, 0.1) is 14.2 Å². The van der Waals surface area contributed by atoms with Crippen molar-refractivity contribution >= 4 is 38.8 Å². The van der Waals surface area contributed by atoms with Crippen molar-refractivity contribution in [3.63, 3.8) is 0 Å². The van der Waals surface area contributed by atoms with Crippen LogP contribution in [0.5, 0.6) is 23.0 Å². The van der Waals surface area contributed by atoms with Gasteiger partial charge in [-0.05, 0) is 149 Å². The van der Waals surface area contributed by atoms with Gasteiger partial charge in [-0.1, -0.05) is 82.5 Å². The molecule has 0 amide bonds. The molecule has 5 aromatic rings. The SMILES string of the molecule is CCCCc1cc(OC)cc(-c2cc(OC)cc(CCCC)c2Op2oc3c(C)cc(C)cc3c3cc(C)cc(C)c3o2)c1OP1OC2(C)C=CC(C)C3=C2C(C)(C=CC3C)O1. The minimum absolute atomic E-state index is 0.281. The van der Waals surface area contributed by atoms with Gasteiger partial charge in [0.1, 0.15) is 45.4 Å². The van der Waals surface area contributed by atoms with Crippen molar-refractivity contribution in [2.45, 2.75) is 119 Å². The van der Waals surface area contributed by atoms with E-state index in [1.807, 2.05) is 12.1 Å². The molecule has 4 unspecified atom stereocenters. The fourth-order valence-corrected chi connectivity index (χ4v) is 12.3. The minimum Gasteiger partial charge on any atom is -0.497 e. The van der Waals surface area contributed by atoms with Crippen molar-refractivity contribution in [1.82, 2.24) is 0 Å². The Kier molecular flexibility index (Phi) is 12.5. The maximum Gasteiger partial charge on any atom is 0.453 e. The fraction of sp³-hybridized carbons (Fsp3) is 0.423. The fourth-order valence-electron chi connectivity index (χ4n) is 9.67. The molecule has 8 nitrogen and oxygen atoms in total. The molecule has 2 aliphatic carbocycles. The summed E-state index contributed by atoms with van der Waals surface area (Å²) < 4.78 is 54.4. The number of hydrogen-bond donors (Lipinski definition) is 0. The number of benzene rings is 4. The molecule has 1 aromatic heterocycles. The summed E-state index contributed by atoms with van der Waals surface area (Å²) in [5.74, 6) is 3.27. The quantitative estimate of drug-likeness (QED) is 0.0854. The number of aryl methyl sites for hydroxylation is 6. The van der Waals surface area contributed by atoms with Crippen molar-refractivity contribution in [1.29, 1.82) is 0 Å². The highest BCUT2D eigenvalue weighted by Gasteiger charge is 2.54. The van der Waals surface area contributed by atoms with Gasteiger partial charge in [-0.3, -0.25) is 9.05 Å². The summed E-state index contributed by atoms with van der Waals surface area (Å²) in [4.78, 5) is 0. The van der Waals surface area contributed by atoms with E-state index in [-0.39, 0.29) is 11.8 Å². The van der Waals surface area contributed by atoms with Crippen molar-refractivity contribution in [3.05, 3.63) is 117 Å². The lowest BCUT2D eigenvalue weighted by atomic mass is 9.67. The Bertz CT molecular complexity index is 2560. The molecular formula is C52H62O8P2. The summed E-state index contributed by atoms with van der Waals surface area (Å²) in [5.41, 5.74) is 10.5. The number of methoxy groups -OCH3 is 2. The topological polar surface area (TPSA) is 81.7 Å². The Morgan fingerprint density at radius 1 is 0.613 bits per heavy atom. The third-order valence-electron chi connectivity index (χ3n) is 12.6. The van der Waals surface area contributed by atoms with Crippen LogP contribution < -0.4 is 18.5 Å². The smallest absolute Gasteiger partial charge is 0.453 e. The second-order valence-electron chi connectivity index (χ2n) is 17.8. The van der Waals surface area contributed by atoms with Gasteiger partial charge < -0.3 is 26.9 Å². The first-order valence-corrected chi connectivity index (χ1v) is 24.4. The zero-order valence-electron chi connectivity index (χ0n) is 38.5. The number of ether oxygens (including phenoxy) is 2. The second kappa shape index (κ2) is 17.6. The first-order chi connectivity index (χ1) is 29.7. The van der Waals surface area contributed by atoms with Gasteiger partial charge in [-0.25, -0.2) is 0 Å². The molecule has 4 aromatic carbocycles. The van der Waals surface area contributed by atoms with Crippen molar-refractivity contribution in [2.24, 2.45) is 11.8 Å². The first-order valence-electron chi connectivity index (χ1n) is 22.2.